The number of aromatic nitrogens is 4. The van der Waals surface area contributed by atoms with Crippen LogP contribution in [-0.2, 0) is 0 Å². The van der Waals surface area contributed by atoms with Crippen molar-refractivity contribution in [3.63, 3.8) is 0 Å². The minimum atomic E-state index is 0.443. The van der Waals surface area contributed by atoms with E-state index >= 15 is 0 Å². The van der Waals surface area contributed by atoms with E-state index in [1.165, 1.54) is 0 Å². The minimum Gasteiger partial charge on any atom is -0.374 e. The van der Waals surface area contributed by atoms with Gasteiger partial charge in [-0.05, 0) is 24.3 Å². The monoisotopic (exact) mass is 229 g/mol. The molecule has 3 aromatic heterocycles. The summed E-state index contributed by atoms with van der Waals surface area (Å²) in [5.74, 6) is 0.551. The van der Waals surface area contributed by atoms with Crippen molar-refractivity contribution in [2.24, 2.45) is 0 Å². The number of anilines is 1. The molecule has 0 aliphatic carbocycles. The lowest BCUT2D eigenvalue weighted by Gasteiger charge is -1.97. The Morgan fingerprint density at radius 2 is 2.06 bits per heavy atom. The Morgan fingerprint density at radius 1 is 1.12 bits per heavy atom. The molecule has 0 aromatic carbocycles. The van der Waals surface area contributed by atoms with Gasteiger partial charge in [-0.25, -0.2) is 9.97 Å². The summed E-state index contributed by atoms with van der Waals surface area (Å²) in [5.41, 5.74) is 6.91. The fourth-order valence-electron chi connectivity index (χ4n) is 1.42. The van der Waals surface area contributed by atoms with E-state index in [0.29, 0.717) is 22.3 Å². The summed E-state index contributed by atoms with van der Waals surface area (Å²) in [6, 6.07) is 7.65. The molecule has 0 spiro atoms. The van der Waals surface area contributed by atoms with Crippen LogP contribution in [0, 0.1) is 0 Å². The lowest BCUT2D eigenvalue weighted by atomic mass is 10.2. The number of nitrogens with zero attached hydrogens (tertiary/aromatic N) is 4. The summed E-state index contributed by atoms with van der Waals surface area (Å²) >= 11 is 1.16. The Hall–Kier alpha value is -2.08. The normalized spacial score (nSPS) is 10.8. The topological polar surface area (TPSA) is 77.6 Å². The molecule has 16 heavy (non-hydrogen) atoms. The fourth-order valence-corrected chi connectivity index (χ4v) is 1.86. The molecule has 0 aliphatic rings. The van der Waals surface area contributed by atoms with Crippen LogP contribution in [0.4, 0.5) is 5.13 Å². The van der Waals surface area contributed by atoms with Crippen LogP contribution in [0.1, 0.15) is 0 Å². The summed E-state index contributed by atoms with van der Waals surface area (Å²) in [6.07, 6.45) is 1.71. The Kier molecular flexibility index (Phi) is 2.00. The fraction of sp³-hybridized carbons (Fsp3) is 0. The van der Waals surface area contributed by atoms with Gasteiger partial charge in [0.05, 0.1) is 0 Å². The van der Waals surface area contributed by atoms with Gasteiger partial charge in [0.2, 0.25) is 0 Å². The molecule has 5 nitrogen and oxygen atoms in total. The first-order valence-corrected chi connectivity index (χ1v) is 5.41. The van der Waals surface area contributed by atoms with Crippen molar-refractivity contribution in [2.75, 3.05) is 5.73 Å². The third-order valence-corrected chi connectivity index (χ3v) is 2.68. The van der Waals surface area contributed by atoms with E-state index in [1.54, 1.807) is 6.20 Å². The molecule has 0 aliphatic heterocycles. The van der Waals surface area contributed by atoms with Crippen molar-refractivity contribution < 1.29 is 0 Å². The molecule has 0 saturated carbocycles. The average molecular weight is 229 g/mol. The summed E-state index contributed by atoms with van der Waals surface area (Å²) in [5, 5.41) is 1.44. The lowest BCUT2D eigenvalue weighted by molar-refractivity contribution is 1.23. The van der Waals surface area contributed by atoms with Crippen LogP contribution in [-0.4, -0.2) is 19.3 Å². The summed E-state index contributed by atoms with van der Waals surface area (Å²) in [6.45, 7) is 0. The molecule has 78 valence electrons. The Labute approximate surface area is 95.2 Å². The van der Waals surface area contributed by atoms with Crippen LogP contribution in [0.3, 0.4) is 0 Å². The molecular weight excluding hydrogens is 222 g/mol. The molecule has 0 fully saturated rings. The Balaban J connectivity index is 2.18. The minimum absolute atomic E-state index is 0.443. The van der Waals surface area contributed by atoms with Gasteiger partial charge in [0.15, 0.2) is 16.6 Å². The third-order valence-electron chi connectivity index (χ3n) is 2.13. The van der Waals surface area contributed by atoms with Crippen LogP contribution < -0.4 is 5.73 Å². The highest BCUT2D eigenvalue weighted by Gasteiger charge is 2.06. The van der Waals surface area contributed by atoms with Gasteiger partial charge in [0.25, 0.3) is 0 Å². The van der Waals surface area contributed by atoms with Crippen LogP contribution in [0.5, 0.6) is 0 Å². The quantitative estimate of drug-likeness (QED) is 0.687. The maximum absolute atomic E-state index is 5.53. The van der Waals surface area contributed by atoms with Crippen molar-refractivity contribution in [1.29, 1.82) is 0 Å². The van der Waals surface area contributed by atoms with Gasteiger partial charge >= 0.3 is 0 Å². The van der Waals surface area contributed by atoms with Crippen LogP contribution in [0.15, 0.2) is 30.5 Å². The second-order valence-electron chi connectivity index (χ2n) is 3.20. The number of fused-ring (bicyclic) bond motifs is 1. The van der Waals surface area contributed by atoms with Gasteiger partial charge in [-0.1, -0.05) is 0 Å². The second kappa shape index (κ2) is 3.49. The first-order valence-electron chi connectivity index (χ1n) is 4.64. The molecule has 0 unspecified atom stereocenters. The van der Waals surface area contributed by atoms with Crippen molar-refractivity contribution in [3.05, 3.63) is 30.5 Å². The van der Waals surface area contributed by atoms with E-state index in [9.17, 15) is 0 Å². The van der Waals surface area contributed by atoms with Gasteiger partial charge in [0, 0.05) is 23.1 Å². The highest BCUT2D eigenvalue weighted by atomic mass is 32.1. The number of hydrogen-bond acceptors (Lipinski definition) is 6. The first kappa shape index (κ1) is 9.17. The van der Waals surface area contributed by atoms with Gasteiger partial charge in [-0.2, -0.15) is 9.36 Å². The van der Waals surface area contributed by atoms with Crippen molar-refractivity contribution >= 4 is 27.7 Å². The molecule has 6 heteroatoms. The predicted molar refractivity (Wildman–Crippen MR) is 62.9 cm³/mol. The zero-order valence-corrected chi connectivity index (χ0v) is 8.98. The smallest absolute Gasteiger partial charge is 0.200 e. The standard InChI is InChI=1S/C10H7N5S/c11-10-14-9(15-16-10)7-4-3-6-2-1-5-12-8(6)13-7/h1-5H,(H2,11,14,15). The number of rotatable bonds is 1. The summed E-state index contributed by atoms with van der Waals surface area (Å²) in [4.78, 5) is 12.6. The van der Waals surface area contributed by atoms with Crippen LogP contribution in [0.2, 0.25) is 0 Å². The highest BCUT2D eigenvalue weighted by molar-refractivity contribution is 7.09. The molecule has 3 heterocycles. The van der Waals surface area contributed by atoms with Crippen molar-refractivity contribution in [2.45, 2.75) is 0 Å². The zero-order valence-electron chi connectivity index (χ0n) is 8.16. The number of nitrogen functional groups attached to an aromatic ring is 1. The molecular formula is C10H7N5S. The van der Waals surface area contributed by atoms with E-state index in [0.717, 1.165) is 16.9 Å². The Morgan fingerprint density at radius 3 is 2.88 bits per heavy atom. The van der Waals surface area contributed by atoms with Gasteiger partial charge in [0.1, 0.15) is 5.69 Å². The molecule has 3 rings (SSSR count). The van der Waals surface area contributed by atoms with Crippen LogP contribution >= 0.6 is 11.5 Å². The number of hydrogen-bond donors (Lipinski definition) is 1. The first-order chi connectivity index (χ1) is 7.83. The summed E-state index contributed by atoms with van der Waals surface area (Å²) < 4.78 is 4.11. The second-order valence-corrected chi connectivity index (χ2v) is 3.99. The van der Waals surface area contributed by atoms with Gasteiger partial charge < -0.3 is 5.73 Å². The predicted octanol–water partition coefficient (Wildman–Crippen LogP) is 1.73. The van der Waals surface area contributed by atoms with E-state index in [-0.39, 0.29) is 0 Å². The Bertz CT molecular complexity index is 648. The highest BCUT2D eigenvalue weighted by Crippen LogP contribution is 2.19. The van der Waals surface area contributed by atoms with Crippen molar-refractivity contribution in [3.8, 4) is 11.5 Å². The number of nitrogens with two attached hydrogens (primary N) is 1. The van der Waals surface area contributed by atoms with Crippen LogP contribution in [0.25, 0.3) is 22.6 Å². The van der Waals surface area contributed by atoms with E-state index in [1.807, 2.05) is 24.3 Å². The molecule has 3 aromatic rings. The maximum atomic E-state index is 5.53. The van der Waals surface area contributed by atoms with E-state index in [4.69, 9.17) is 5.73 Å². The average Bonchev–Trinajstić information content (AvgIpc) is 2.75. The molecule has 0 saturated heterocycles. The molecule has 0 radical (unpaired) electrons. The lowest BCUT2D eigenvalue weighted by Crippen LogP contribution is -1.89. The largest absolute Gasteiger partial charge is 0.374 e. The third kappa shape index (κ3) is 1.49. The molecule has 2 N–H and O–H groups in total. The van der Waals surface area contributed by atoms with E-state index in [2.05, 4.69) is 19.3 Å². The molecule has 0 atom stereocenters. The van der Waals surface area contributed by atoms with Crippen molar-refractivity contribution in [1.82, 2.24) is 19.3 Å². The maximum Gasteiger partial charge on any atom is 0.200 e. The molecule has 0 amide bonds. The van der Waals surface area contributed by atoms with E-state index < -0.39 is 0 Å². The SMILES string of the molecule is Nc1nc(-c2ccc3cccnc3n2)ns1. The number of pyridine rings is 2. The summed E-state index contributed by atoms with van der Waals surface area (Å²) in [7, 11) is 0. The molecule has 0 bridgehead atoms. The zero-order chi connectivity index (χ0) is 11.0. The van der Waals surface area contributed by atoms with Gasteiger partial charge in [-0.3, -0.25) is 0 Å². The van der Waals surface area contributed by atoms with Gasteiger partial charge in [-0.15, -0.1) is 0 Å².